The summed E-state index contributed by atoms with van der Waals surface area (Å²) in [7, 11) is 1.66. The van der Waals surface area contributed by atoms with Crippen molar-refractivity contribution < 1.29 is 28.6 Å². The van der Waals surface area contributed by atoms with Crippen LogP contribution >= 0.6 is 0 Å². The highest BCUT2D eigenvalue weighted by Crippen LogP contribution is 2.43. The van der Waals surface area contributed by atoms with Gasteiger partial charge in [-0.2, -0.15) is 0 Å². The van der Waals surface area contributed by atoms with Gasteiger partial charge in [0.2, 0.25) is 11.8 Å². The van der Waals surface area contributed by atoms with Crippen LogP contribution in [-0.4, -0.2) is 38.5 Å². The highest BCUT2D eigenvalue weighted by atomic mass is 19.1. The Hall–Kier alpha value is -3.98. The number of carbonyl (C=O) groups excluding carboxylic acids is 2. The molecule has 240 valence electrons. The highest BCUT2D eigenvalue weighted by Gasteiger charge is 2.44. The molecule has 1 aliphatic heterocycles. The van der Waals surface area contributed by atoms with E-state index < -0.39 is 11.0 Å². The molecule has 1 N–H and O–H groups in total. The van der Waals surface area contributed by atoms with Gasteiger partial charge in [0.15, 0.2) is 0 Å². The van der Waals surface area contributed by atoms with E-state index in [0.717, 1.165) is 0 Å². The SMILES string of the molecule is Cc1cc(F)cc(C)c1Oc1ccc(C(C)(C)O)cc1-c1cn(C)c(=O)cc1O[C@H]1CC[C@H](N2C(=O)CCC(C)(C)C2=O)CC1. The zero-order valence-electron chi connectivity index (χ0n) is 27.2. The molecule has 2 fully saturated rings. The number of benzene rings is 2. The van der Waals surface area contributed by atoms with Crippen LogP contribution in [0.15, 0.2) is 47.4 Å². The molecule has 9 heteroatoms. The van der Waals surface area contributed by atoms with Crippen molar-refractivity contribution in [3.8, 4) is 28.4 Å². The average molecular weight is 619 g/mol. The van der Waals surface area contributed by atoms with E-state index in [2.05, 4.69) is 0 Å². The van der Waals surface area contributed by atoms with E-state index in [4.69, 9.17) is 9.47 Å². The Morgan fingerprint density at radius 1 is 0.933 bits per heavy atom. The number of aryl methyl sites for hydroxylation is 3. The lowest BCUT2D eigenvalue weighted by Gasteiger charge is -2.42. The molecule has 45 heavy (non-hydrogen) atoms. The largest absolute Gasteiger partial charge is 0.490 e. The number of piperidine rings is 1. The number of carbonyl (C=O) groups is 2. The van der Waals surface area contributed by atoms with Crippen molar-refractivity contribution in [2.24, 2.45) is 12.5 Å². The number of imide groups is 1. The lowest BCUT2D eigenvalue weighted by molar-refractivity contribution is -0.160. The second-order valence-electron chi connectivity index (χ2n) is 13.7. The normalized spacial score (nSPS) is 20.3. The standard InChI is InChI=1S/C36H43FN2O6/c1-21-16-24(37)17-22(2)33(21)45-29-13-8-23(36(5,6)43)18-27(29)28-20-38(7)32(41)19-30(28)44-26-11-9-25(10-12-26)39-31(40)14-15-35(3,4)34(39)42/h8,13,16-20,25-26,43H,9-12,14-15H2,1-7H3/t25-,26-. The van der Waals surface area contributed by atoms with Gasteiger partial charge < -0.3 is 19.1 Å². The fraction of sp³-hybridized carbons (Fsp3) is 0.472. The minimum absolute atomic E-state index is 0.108. The molecule has 2 amide bonds. The van der Waals surface area contributed by atoms with Crippen LogP contribution in [0.25, 0.3) is 11.1 Å². The summed E-state index contributed by atoms with van der Waals surface area (Å²) in [5.41, 5.74) is 1.14. The lowest BCUT2D eigenvalue weighted by atomic mass is 9.80. The van der Waals surface area contributed by atoms with E-state index >= 15 is 0 Å². The molecule has 5 rings (SSSR count). The van der Waals surface area contributed by atoms with Crippen LogP contribution in [0.4, 0.5) is 4.39 Å². The van der Waals surface area contributed by atoms with E-state index in [1.807, 2.05) is 19.9 Å². The van der Waals surface area contributed by atoms with Crippen molar-refractivity contribution in [3.05, 3.63) is 75.5 Å². The van der Waals surface area contributed by atoms with Crippen LogP contribution in [0, 0.1) is 25.1 Å². The van der Waals surface area contributed by atoms with Gasteiger partial charge in [-0.1, -0.05) is 19.9 Å². The van der Waals surface area contributed by atoms with Gasteiger partial charge in [-0.25, -0.2) is 4.39 Å². The second-order valence-corrected chi connectivity index (χ2v) is 13.7. The minimum Gasteiger partial charge on any atom is -0.490 e. The van der Waals surface area contributed by atoms with Crippen LogP contribution in [0.1, 0.15) is 82.9 Å². The molecule has 1 aromatic heterocycles. The van der Waals surface area contributed by atoms with Crippen molar-refractivity contribution in [1.29, 1.82) is 0 Å². The van der Waals surface area contributed by atoms with Gasteiger partial charge in [0.25, 0.3) is 5.56 Å². The Morgan fingerprint density at radius 3 is 2.20 bits per heavy atom. The topological polar surface area (TPSA) is 98.1 Å². The van der Waals surface area contributed by atoms with Crippen molar-refractivity contribution >= 4 is 11.8 Å². The molecule has 0 bridgehead atoms. The summed E-state index contributed by atoms with van der Waals surface area (Å²) in [5, 5.41) is 10.9. The number of likely N-dealkylation sites (tertiary alicyclic amines) is 1. The molecule has 8 nitrogen and oxygen atoms in total. The molecule has 0 spiro atoms. The summed E-state index contributed by atoms with van der Waals surface area (Å²) in [4.78, 5) is 40.2. The molecule has 2 aromatic carbocycles. The first kappa shape index (κ1) is 32.4. The monoisotopic (exact) mass is 618 g/mol. The number of hydrogen-bond donors (Lipinski definition) is 1. The third-order valence-electron chi connectivity index (χ3n) is 9.14. The Bertz CT molecular complexity index is 1670. The molecule has 0 atom stereocenters. The number of aliphatic hydroxyl groups is 1. The number of hydrogen-bond acceptors (Lipinski definition) is 6. The first-order valence-corrected chi connectivity index (χ1v) is 15.6. The van der Waals surface area contributed by atoms with Gasteiger partial charge in [0, 0.05) is 48.3 Å². The molecule has 2 heterocycles. The van der Waals surface area contributed by atoms with Crippen LogP contribution < -0.4 is 15.0 Å². The van der Waals surface area contributed by atoms with E-state index in [1.54, 1.807) is 53.1 Å². The molecule has 0 unspecified atom stereocenters. The molecule has 3 aromatic rings. The summed E-state index contributed by atoms with van der Waals surface area (Å²) >= 11 is 0. The number of amides is 2. The maximum Gasteiger partial charge on any atom is 0.254 e. The molecular formula is C36H43FN2O6. The van der Waals surface area contributed by atoms with Crippen molar-refractivity contribution in [2.45, 2.75) is 97.8 Å². The minimum atomic E-state index is -1.16. The van der Waals surface area contributed by atoms with Gasteiger partial charge in [0.05, 0.1) is 11.7 Å². The van der Waals surface area contributed by atoms with Crippen LogP contribution in [0.2, 0.25) is 0 Å². The van der Waals surface area contributed by atoms with Gasteiger partial charge in [-0.3, -0.25) is 19.3 Å². The Balaban J connectivity index is 1.48. The first-order valence-electron chi connectivity index (χ1n) is 15.6. The molecule has 0 radical (unpaired) electrons. The van der Waals surface area contributed by atoms with Crippen LogP contribution in [-0.2, 0) is 22.2 Å². The number of pyridine rings is 1. The first-order chi connectivity index (χ1) is 21.0. The summed E-state index contributed by atoms with van der Waals surface area (Å²) in [5.74, 6) is 0.780. The predicted molar refractivity (Wildman–Crippen MR) is 170 cm³/mol. The summed E-state index contributed by atoms with van der Waals surface area (Å²) < 4.78 is 28.5. The average Bonchev–Trinajstić information content (AvgIpc) is 2.95. The second kappa shape index (κ2) is 12.1. The maximum absolute atomic E-state index is 14.1. The fourth-order valence-corrected chi connectivity index (χ4v) is 6.35. The zero-order chi connectivity index (χ0) is 32.8. The quantitative estimate of drug-likeness (QED) is 0.296. The van der Waals surface area contributed by atoms with Gasteiger partial charge >= 0.3 is 0 Å². The molecular weight excluding hydrogens is 575 g/mol. The predicted octanol–water partition coefficient (Wildman–Crippen LogP) is 6.69. The molecule has 2 aliphatic rings. The number of aromatic nitrogens is 1. The summed E-state index contributed by atoms with van der Waals surface area (Å²) in [6.07, 6.45) is 4.84. The third-order valence-corrected chi connectivity index (χ3v) is 9.14. The number of halogens is 1. The lowest BCUT2D eigenvalue weighted by Crippen LogP contribution is -2.54. The Kier molecular flexibility index (Phi) is 8.70. The van der Waals surface area contributed by atoms with E-state index in [9.17, 15) is 23.9 Å². The van der Waals surface area contributed by atoms with Gasteiger partial charge in [0.1, 0.15) is 23.1 Å². The van der Waals surface area contributed by atoms with E-state index in [-0.39, 0.29) is 35.3 Å². The van der Waals surface area contributed by atoms with Crippen molar-refractivity contribution in [1.82, 2.24) is 9.47 Å². The van der Waals surface area contributed by atoms with E-state index in [1.165, 1.54) is 27.7 Å². The maximum atomic E-state index is 14.1. The number of ether oxygens (including phenoxy) is 2. The van der Waals surface area contributed by atoms with Crippen LogP contribution in [0.5, 0.6) is 17.2 Å². The fourth-order valence-electron chi connectivity index (χ4n) is 6.35. The van der Waals surface area contributed by atoms with Crippen molar-refractivity contribution in [3.63, 3.8) is 0 Å². The zero-order valence-corrected chi connectivity index (χ0v) is 27.2. The van der Waals surface area contributed by atoms with Crippen molar-refractivity contribution in [2.75, 3.05) is 0 Å². The van der Waals surface area contributed by atoms with Crippen LogP contribution in [0.3, 0.4) is 0 Å². The molecule has 1 saturated heterocycles. The highest BCUT2D eigenvalue weighted by molar-refractivity contribution is 6.00. The summed E-state index contributed by atoms with van der Waals surface area (Å²) in [6, 6.07) is 9.48. The Morgan fingerprint density at radius 2 is 1.58 bits per heavy atom. The third kappa shape index (κ3) is 6.69. The molecule has 1 saturated carbocycles. The summed E-state index contributed by atoms with van der Waals surface area (Å²) in [6.45, 7) is 10.7. The number of rotatable bonds is 7. The van der Waals surface area contributed by atoms with E-state index in [0.29, 0.717) is 83.6 Å². The Labute approximate surface area is 263 Å². The number of nitrogens with zero attached hydrogens (tertiary/aromatic N) is 2. The van der Waals surface area contributed by atoms with Gasteiger partial charge in [-0.15, -0.1) is 0 Å². The van der Waals surface area contributed by atoms with Gasteiger partial charge in [-0.05, 0) is 101 Å². The molecule has 1 aliphatic carbocycles. The smallest absolute Gasteiger partial charge is 0.254 e.